The van der Waals surface area contributed by atoms with Gasteiger partial charge in [-0.25, -0.2) is 18.8 Å². The minimum Gasteiger partial charge on any atom is -0.463 e. The summed E-state index contributed by atoms with van der Waals surface area (Å²) in [5.41, 5.74) is 1.11. The first kappa shape index (κ1) is 21.2. The van der Waals surface area contributed by atoms with Crippen molar-refractivity contribution < 1.29 is 27.9 Å². The highest BCUT2D eigenvalue weighted by molar-refractivity contribution is 7.52. The van der Waals surface area contributed by atoms with Crippen molar-refractivity contribution in [3.8, 4) is 0 Å². The first-order valence-corrected chi connectivity index (χ1v) is 10.3. The molecule has 1 aromatic rings. The first-order chi connectivity index (χ1) is 12.9. The Kier molecular flexibility index (Phi) is 7.18. The second-order valence-electron chi connectivity index (χ2n) is 5.65. The zero-order valence-electron chi connectivity index (χ0n) is 15.9. The van der Waals surface area contributed by atoms with E-state index in [1.54, 1.807) is 52.0 Å². The lowest BCUT2D eigenvalue weighted by Crippen LogP contribution is -2.47. The van der Waals surface area contributed by atoms with Crippen molar-refractivity contribution in [1.29, 1.82) is 0 Å². The zero-order chi connectivity index (χ0) is 20.0. The lowest BCUT2D eigenvalue weighted by molar-refractivity contribution is -0.139. The molecule has 0 saturated carbocycles. The molecule has 2 amide bonds. The first-order valence-electron chi connectivity index (χ1n) is 8.82. The van der Waals surface area contributed by atoms with Crippen LogP contribution in [0.2, 0.25) is 0 Å². The fourth-order valence-corrected chi connectivity index (χ4v) is 4.67. The summed E-state index contributed by atoms with van der Waals surface area (Å²) in [6.07, 6.45) is 0. The summed E-state index contributed by atoms with van der Waals surface area (Å²) < 4.78 is 30.4. The maximum absolute atomic E-state index is 13.4. The maximum Gasteiger partial charge on any atom is 0.439 e. The van der Waals surface area contributed by atoms with E-state index in [4.69, 9.17) is 13.8 Å². The molecule has 0 spiro atoms. The molecule has 1 aromatic carbocycles. The normalized spacial score (nSPS) is 17.7. The largest absolute Gasteiger partial charge is 0.463 e. The van der Waals surface area contributed by atoms with Crippen LogP contribution in [-0.4, -0.2) is 36.5 Å². The maximum atomic E-state index is 13.4. The Hall–Kier alpha value is -2.15. The number of amides is 2. The second kappa shape index (κ2) is 9.17. The van der Waals surface area contributed by atoms with Crippen LogP contribution in [0.25, 0.3) is 0 Å². The number of urea groups is 1. The number of nitrogens with one attached hydrogen (secondary N) is 1. The molecule has 0 bridgehead atoms. The molecule has 1 atom stereocenters. The van der Waals surface area contributed by atoms with Gasteiger partial charge in [0.15, 0.2) is 0 Å². The average molecular weight is 396 g/mol. The van der Waals surface area contributed by atoms with E-state index in [0.29, 0.717) is 11.3 Å². The van der Waals surface area contributed by atoms with Gasteiger partial charge in [0.1, 0.15) is 6.04 Å². The van der Waals surface area contributed by atoms with Gasteiger partial charge in [-0.2, -0.15) is 0 Å². The number of benzene rings is 1. The zero-order valence-corrected chi connectivity index (χ0v) is 16.8. The number of esters is 1. The summed E-state index contributed by atoms with van der Waals surface area (Å²) >= 11 is 0. The third-order valence-electron chi connectivity index (χ3n) is 3.88. The molecule has 1 N–H and O–H groups in total. The molecule has 1 aliphatic heterocycles. The van der Waals surface area contributed by atoms with Crippen molar-refractivity contribution in [1.82, 2.24) is 9.99 Å². The number of ether oxygens (including phenoxy) is 1. The molecule has 9 heteroatoms. The van der Waals surface area contributed by atoms with Crippen LogP contribution < -0.4 is 5.32 Å². The number of hydrogen-bond donors (Lipinski definition) is 1. The van der Waals surface area contributed by atoms with Gasteiger partial charge >= 0.3 is 19.7 Å². The third kappa shape index (κ3) is 4.40. The van der Waals surface area contributed by atoms with Crippen LogP contribution in [0.15, 0.2) is 41.6 Å². The van der Waals surface area contributed by atoms with E-state index < -0.39 is 25.8 Å². The highest BCUT2D eigenvalue weighted by Crippen LogP contribution is 2.58. The molecular formula is C18H25N2O6P. The Labute approximate surface area is 159 Å². The summed E-state index contributed by atoms with van der Waals surface area (Å²) in [6.45, 7) is 6.90. The predicted octanol–water partition coefficient (Wildman–Crippen LogP) is 3.77. The molecule has 0 saturated heterocycles. The van der Waals surface area contributed by atoms with Crippen LogP contribution in [0, 0.1) is 0 Å². The Bertz CT molecular complexity index is 754. The van der Waals surface area contributed by atoms with Crippen molar-refractivity contribution in [2.45, 2.75) is 33.7 Å². The van der Waals surface area contributed by atoms with Gasteiger partial charge in [-0.3, -0.25) is 9.05 Å². The monoisotopic (exact) mass is 396 g/mol. The van der Waals surface area contributed by atoms with E-state index in [1.807, 2.05) is 6.07 Å². The minimum absolute atomic E-state index is 0.0694. The van der Waals surface area contributed by atoms with Crippen LogP contribution in [0.5, 0.6) is 0 Å². The number of nitrogens with zero attached hydrogens (tertiary/aromatic N) is 1. The molecule has 0 aliphatic carbocycles. The molecular weight excluding hydrogens is 371 g/mol. The number of allylic oxidation sites excluding steroid dienone is 1. The van der Waals surface area contributed by atoms with Crippen molar-refractivity contribution in [2.24, 2.45) is 0 Å². The summed E-state index contributed by atoms with van der Waals surface area (Å²) in [5, 5.41) is 2.57. The predicted molar refractivity (Wildman–Crippen MR) is 99.7 cm³/mol. The van der Waals surface area contributed by atoms with Gasteiger partial charge in [-0.15, -0.1) is 0 Å². The Morgan fingerprint density at radius 3 is 2.22 bits per heavy atom. The van der Waals surface area contributed by atoms with Crippen LogP contribution in [0.4, 0.5) is 4.79 Å². The van der Waals surface area contributed by atoms with Gasteiger partial charge in [0.2, 0.25) is 0 Å². The van der Waals surface area contributed by atoms with Crippen molar-refractivity contribution in [3.63, 3.8) is 0 Å². The number of rotatable bonds is 8. The SMILES string of the molecule is CCOC(=O)C1=C(C)NC(=O)N(P(=O)(OCC)OCC)C1c1ccccc1. The van der Waals surface area contributed by atoms with Crippen molar-refractivity contribution in [2.75, 3.05) is 19.8 Å². The lowest BCUT2D eigenvalue weighted by Gasteiger charge is -2.40. The summed E-state index contributed by atoms with van der Waals surface area (Å²) in [5.74, 6) is -0.603. The molecule has 0 aromatic heterocycles. The Morgan fingerprint density at radius 2 is 1.70 bits per heavy atom. The standard InChI is InChI=1S/C18H25N2O6P/c1-5-24-17(21)15-13(4)19-18(22)20(27(23,25-6-2)26-7-3)16(15)14-11-9-8-10-12-14/h8-12,16H,5-7H2,1-4H3,(H,19,22). The smallest absolute Gasteiger partial charge is 0.439 e. The van der Waals surface area contributed by atoms with Crippen LogP contribution >= 0.6 is 7.75 Å². The van der Waals surface area contributed by atoms with E-state index in [1.165, 1.54) is 0 Å². The molecule has 8 nitrogen and oxygen atoms in total. The van der Waals surface area contributed by atoms with E-state index in [0.717, 1.165) is 4.67 Å². The highest BCUT2D eigenvalue weighted by Gasteiger charge is 2.49. The Morgan fingerprint density at radius 1 is 1.11 bits per heavy atom. The summed E-state index contributed by atoms with van der Waals surface area (Å²) in [4.78, 5) is 25.5. The summed E-state index contributed by atoms with van der Waals surface area (Å²) in [7, 11) is -4.02. The van der Waals surface area contributed by atoms with Gasteiger partial charge < -0.3 is 10.1 Å². The quantitative estimate of drug-likeness (QED) is 0.531. The van der Waals surface area contributed by atoms with Crippen molar-refractivity contribution in [3.05, 3.63) is 47.2 Å². The van der Waals surface area contributed by atoms with E-state index >= 15 is 0 Å². The highest BCUT2D eigenvalue weighted by atomic mass is 31.2. The fraction of sp³-hybridized carbons (Fsp3) is 0.444. The van der Waals surface area contributed by atoms with Crippen LogP contribution in [0.1, 0.15) is 39.3 Å². The van der Waals surface area contributed by atoms with Crippen LogP contribution in [0.3, 0.4) is 0 Å². The molecule has 2 rings (SSSR count). The lowest BCUT2D eigenvalue weighted by atomic mass is 9.95. The van der Waals surface area contributed by atoms with Gasteiger partial charge in [-0.1, -0.05) is 30.3 Å². The molecule has 1 heterocycles. The van der Waals surface area contributed by atoms with E-state index in [-0.39, 0.29) is 25.4 Å². The molecule has 1 aliphatic rings. The fourth-order valence-electron chi connectivity index (χ4n) is 2.89. The second-order valence-corrected chi connectivity index (χ2v) is 7.54. The molecule has 1 unspecified atom stereocenters. The molecule has 148 valence electrons. The number of carbonyl (C=O) groups excluding carboxylic acids is 2. The van der Waals surface area contributed by atoms with Gasteiger partial charge in [-0.05, 0) is 33.3 Å². The van der Waals surface area contributed by atoms with Gasteiger partial charge in [0.05, 0.1) is 25.4 Å². The van der Waals surface area contributed by atoms with Gasteiger partial charge in [0, 0.05) is 5.70 Å². The third-order valence-corrected chi connectivity index (χ3v) is 5.99. The van der Waals surface area contributed by atoms with E-state index in [9.17, 15) is 14.2 Å². The molecule has 0 radical (unpaired) electrons. The van der Waals surface area contributed by atoms with Crippen molar-refractivity contribution >= 4 is 19.7 Å². The number of carbonyl (C=O) groups is 2. The minimum atomic E-state index is -4.02. The molecule has 27 heavy (non-hydrogen) atoms. The Balaban J connectivity index is 2.68. The average Bonchev–Trinajstić information content (AvgIpc) is 2.62. The van der Waals surface area contributed by atoms with Gasteiger partial charge in [0.25, 0.3) is 0 Å². The van der Waals surface area contributed by atoms with E-state index in [2.05, 4.69) is 5.32 Å². The number of hydrogen-bond acceptors (Lipinski definition) is 6. The topological polar surface area (TPSA) is 94.2 Å². The van der Waals surface area contributed by atoms with Crippen LogP contribution in [-0.2, 0) is 23.1 Å². The molecule has 0 fully saturated rings. The summed E-state index contributed by atoms with van der Waals surface area (Å²) in [6, 6.07) is 7.19.